The Bertz CT molecular complexity index is 523. The Balaban J connectivity index is 2.36. The molecule has 0 aromatic heterocycles. The van der Waals surface area contributed by atoms with Gasteiger partial charge in [0.2, 0.25) is 5.96 Å². The van der Waals surface area contributed by atoms with E-state index in [4.69, 9.17) is 28.9 Å². The zero-order valence-electron chi connectivity index (χ0n) is 11.1. The van der Waals surface area contributed by atoms with Crippen LogP contribution in [0.4, 0.5) is 10.5 Å². The number of nitrogens with zero attached hydrogens (tertiary/aromatic N) is 2. The third kappa shape index (κ3) is 3.55. The summed E-state index contributed by atoms with van der Waals surface area (Å²) in [4.78, 5) is 16.9. The second-order valence-corrected chi connectivity index (χ2v) is 5.46. The van der Waals surface area contributed by atoms with Crippen molar-refractivity contribution < 1.29 is 4.79 Å². The number of guanidine groups is 1. The largest absolute Gasteiger partial charge is 0.369 e. The number of carbonyl (C=O) groups excluding carboxylic acids is 1. The van der Waals surface area contributed by atoms with Gasteiger partial charge in [-0.1, -0.05) is 29.3 Å². The number of carbonyl (C=O) groups is 1. The van der Waals surface area contributed by atoms with Crippen LogP contribution in [-0.2, 0) is 0 Å². The van der Waals surface area contributed by atoms with Crippen molar-refractivity contribution in [3.8, 4) is 0 Å². The molecule has 0 spiro atoms. The number of nitrogens with two attached hydrogens (primary N) is 1. The van der Waals surface area contributed by atoms with Gasteiger partial charge in [0.15, 0.2) is 0 Å². The molecule has 1 aromatic rings. The van der Waals surface area contributed by atoms with Crippen LogP contribution >= 0.6 is 23.2 Å². The number of hydrogen-bond acceptors (Lipinski definition) is 1. The van der Waals surface area contributed by atoms with Crippen molar-refractivity contribution in [2.75, 3.05) is 18.5 Å². The van der Waals surface area contributed by atoms with Crippen LogP contribution in [0.2, 0.25) is 10.0 Å². The number of anilines is 1. The van der Waals surface area contributed by atoms with Crippen LogP contribution in [0.5, 0.6) is 0 Å². The molecule has 0 unspecified atom stereocenters. The zero-order valence-corrected chi connectivity index (χ0v) is 12.6. The number of nitrogens with one attached hydrogen (secondary N) is 1. The fourth-order valence-electron chi connectivity index (χ4n) is 1.83. The van der Waals surface area contributed by atoms with Crippen LogP contribution < -0.4 is 16.0 Å². The van der Waals surface area contributed by atoms with Crippen LogP contribution in [0.3, 0.4) is 0 Å². The van der Waals surface area contributed by atoms with Gasteiger partial charge in [0.25, 0.3) is 0 Å². The molecule has 0 aliphatic heterocycles. The zero-order chi connectivity index (χ0) is 14.7. The molecule has 1 aromatic carbocycles. The summed E-state index contributed by atoms with van der Waals surface area (Å²) in [5.74, 6) is 0.618. The van der Waals surface area contributed by atoms with E-state index in [1.165, 1.54) is 7.05 Å². The molecule has 2 amide bonds. The topological polar surface area (TPSA) is 70.7 Å². The van der Waals surface area contributed by atoms with Crippen LogP contribution in [-0.4, -0.2) is 25.6 Å². The van der Waals surface area contributed by atoms with Gasteiger partial charge in [0.1, 0.15) is 0 Å². The second kappa shape index (κ2) is 6.33. The SMILES string of the molecule is CNC(=O)N=C(N)N(CC1CC1)c1c(Cl)cccc1Cl. The van der Waals surface area contributed by atoms with Crippen molar-refractivity contribution in [1.29, 1.82) is 0 Å². The smallest absolute Gasteiger partial charge is 0.343 e. The molecule has 0 radical (unpaired) electrons. The minimum atomic E-state index is -0.508. The molecule has 7 heteroatoms. The molecule has 0 atom stereocenters. The van der Waals surface area contributed by atoms with Crippen molar-refractivity contribution >= 4 is 40.9 Å². The van der Waals surface area contributed by atoms with Crippen LogP contribution in [0, 0.1) is 5.92 Å². The third-order valence-electron chi connectivity index (χ3n) is 3.05. The number of aliphatic imine (C=N–C) groups is 1. The van der Waals surface area contributed by atoms with Crippen LogP contribution in [0.1, 0.15) is 12.8 Å². The van der Waals surface area contributed by atoms with Gasteiger partial charge in [0.05, 0.1) is 15.7 Å². The summed E-state index contributed by atoms with van der Waals surface area (Å²) in [7, 11) is 1.49. The third-order valence-corrected chi connectivity index (χ3v) is 3.66. The lowest BCUT2D eigenvalue weighted by molar-refractivity contribution is 0.251. The second-order valence-electron chi connectivity index (χ2n) is 4.65. The number of amides is 2. The summed E-state index contributed by atoms with van der Waals surface area (Å²) in [6.07, 6.45) is 2.26. The van der Waals surface area contributed by atoms with Gasteiger partial charge in [-0.05, 0) is 30.9 Å². The Labute approximate surface area is 127 Å². The highest BCUT2D eigenvalue weighted by atomic mass is 35.5. The lowest BCUT2D eigenvalue weighted by Crippen LogP contribution is -2.40. The maximum absolute atomic E-state index is 11.4. The molecule has 3 N–H and O–H groups in total. The van der Waals surface area contributed by atoms with Crippen molar-refractivity contribution in [2.45, 2.75) is 12.8 Å². The van der Waals surface area contributed by atoms with E-state index in [1.54, 1.807) is 23.1 Å². The van der Waals surface area contributed by atoms with Crippen molar-refractivity contribution in [1.82, 2.24) is 5.32 Å². The molecular weight excluding hydrogens is 299 g/mol. The Hall–Kier alpha value is -1.46. The van der Waals surface area contributed by atoms with Crippen molar-refractivity contribution in [2.24, 2.45) is 16.6 Å². The predicted molar refractivity (Wildman–Crippen MR) is 82.6 cm³/mol. The minimum Gasteiger partial charge on any atom is -0.369 e. The molecule has 5 nitrogen and oxygen atoms in total. The maximum atomic E-state index is 11.4. The van der Waals surface area contributed by atoms with Crippen molar-refractivity contribution in [3.63, 3.8) is 0 Å². The first kappa shape index (κ1) is 14.9. The number of benzene rings is 1. The molecule has 0 bridgehead atoms. The molecule has 20 heavy (non-hydrogen) atoms. The van der Waals surface area contributed by atoms with Gasteiger partial charge in [-0.25, -0.2) is 4.79 Å². The Kier molecular flexibility index (Phi) is 4.73. The number of hydrogen-bond donors (Lipinski definition) is 2. The van der Waals surface area contributed by atoms with Gasteiger partial charge in [-0.15, -0.1) is 0 Å². The quantitative estimate of drug-likeness (QED) is 0.665. The first-order valence-electron chi connectivity index (χ1n) is 6.30. The molecule has 1 fully saturated rings. The fraction of sp³-hybridized carbons (Fsp3) is 0.385. The van der Waals surface area contributed by atoms with E-state index >= 15 is 0 Å². The summed E-state index contributed by atoms with van der Waals surface area (Å²) in [6, 6.07) is 4.72. The Morgan fingerprint density at radius 1 is 1.45 bits per heavy atom. The fourth-order valence-corrected chi connectivity index (χ4v) is 2.43. The Morgan fingerprint density at radius 2 is 2.05 bits per heavy atom. The first-order valence-corrected chi connectivity index (χ1v) is 7.06. The van der Waals surface area contributed by atoms with Gasteiger partial charge >= 0.3 is 6.03 Å². The van der Waals surface area contributed by atoms with Crippen molar-refractivity contribution in [3.05, 3.63) is 28.2 Å². The lowest BCUT2D eigenvalue weighted by atomic mass is 10.2. The lowest BCUT2D eigenvalue weighted by Gasteiger charge is -2.25. The molecule has 1 aliphatic rings. The monoisotopic (exact) mass is 314 g/mol. The normalized spacial score (nSPS) is 15.1. The summed E-state index contributed by atoms with van der Waals surface area (Å²) in [5, 5.41) is 3.36. The van der Waals surface area contributed by atoms with E-state index in [0.29, 0.717) is 28.2 Å². The molecular formula is C13H16Cl2N4O. The number of halogens is 2. The average Bonchev–Trinajstić information content (AvgIpc) is 3.21. The summed E-state index contributed by atoms with van der Waals surface area (Å²) in [5.41, 5.74) is 6.53. The van der Waals surface area contributed by atoms with Crippen LogP contribution in [0.25, 0.3) is 0 Å². The summed E-state index contributed by atoms with van der Waals surface area (Å²) < 4.78 is 0. The van der Waals surface area contributed by atoms with Crippen LogP contribution in [0.15, 0.2) is 23.2 Å². The summed E-state index contributed by atoms with van der Waals surface area (Å²) >= 11 is 12.4. The van der Waals surface area contributed by atoms with Gasteiger partial charge in [0, 0.05) is 13.6 Å². The highest BCUT2D eigenvalue weighted by Gasteiger charge is 2.28. The van der Waals surface area contributed by atoms with Gasteiger partial charge < -0.3 is 16.0 Å². The first-order chi connectivity index (χ1) is 9.52. The number of para-hydroxylation sites is 1. The molecule has 0 heterocycles. The van der Waals surface area contributed by atoms with Gasteiger partial charge in [-0.3, -0.25) is 0 Å². The van der Waals surface area contributed by atoms with E-state index in [0.717, 1.165) is 12.8 Å². The Morgan fingerprint density at radius 3 is 2.55 bits per heavy atom. The van der Waals surface area contributed by atoms with Gasteiger partial charge in [-0.2, -0.15) is 4.99 Å². The van der Waals surface area contributed by atoms with E-state index in [9.17, 15) is 4.79 Å². The maximum Gasteiger partial charge on any atom is 0.343 e. The standard InChI is InChI=1S/C13H16Cl2N4O/c1-17-13(20)18-12(16)19(7-8-5-6-8)11-9(14)3-2-4-10(11)15/h2-4,8H,5-7H2,1H3,(H3,16,17,18,20). The molecule has 2 rings (SSSR count). The highest BCUT2D eigenvalue weighted by Crippen LogP contribution is 2.37. The van der Waals surface area contributed by atoms with E-state index < -0.39 is 6.03 Å². The van der Waals surface area contributed by atoms with E-state index in [1.807, 2.05) is 0 Å². The number of urea groups is 1. The average molecular weight is 315 g/mol. The van der Waals surface area contributed by atoms with E-state index in [2.05, 4.69) is 10.3 Å². The van der Waals surface area contributed by atoms with E-state index in [-0.39, 0.29) is 5.96 Å². The highest BCUT2D eigenvalue weighted by molar-refractivity contribution is 6.40. The molecule has 1 saturated carbocycles. The minimum absolute atomic E-state index is 0.0891. The molecule has 0 saturated heterocycles. The summed E-state index contributed by atoms with van der Waals surface area (Å²) in [6.45, 7) is 0.649. The molecule has 1 aliphatic carbocycles. The number of rotatable bonds is 3. The molecule has 108 valence electrons. The predicted octanol–water partition coefficient (Wildman–Crippen LogP) is 2.86.